The Kier molecular flexibility index (Phi) is 1.91. The molecule has 0 saturated carbocycles. The molecule has 0 amide bonds. The Morgan fingerprint density at radius 3 is 1.90 bits per heavy atom. The van der Waals surface area contributed by atoms with Gasteiger partial charge in [-0.15, -0.1) is 0 Å². The molecule has 0 aromatic rings. The summed E-state index contributed by atoms with van der Waals surface area (Å²) in [6, 6.07) is 1.62. The van der Waals surface area contributed by atoms with E-state index in [-0.39, 0.29) is 9.84 Å². The van der Waals surface area contributed by atoms with Gasteiger partial charge in [0.05, 0.1) is 26.2 Å². The minimum absolute atomic E-state index is 0.0285. The molecule has 1 rings (SSSR count). The Labute approximate surface area is 66.4 Å². The molecule has 0 aromatic heterocycles. The molecule has 1 saturated heterocycles. The third-order valence-corrected chi connectivity index (χ3v) is 5.41. The van der Waals surface area contributed by atoms with Gasteiger partial charge in [0, 0.05) is 0 Å². The molecular weight excluding hydrogens is 140 g/mol. The summed E-state index contributed by atoms with van der Waals surface area (Å²) < 4.78 is 3.84. The van der Waals surface area contributed by atoms with Crippen molar-refractivity contribution >= 4 is 9.84 Å². The van der Waals surface area contributed by atoms with Crippen molar-refractivity contribution < 1.29 is 4.15 Å². The molecule has 0 aliphatic carbocycles. The van der Waals surface area contributed by atoms with Gasteiger partial charge in [-0.1, -0.05) is 0 Å². The van der Waals surface area contributed by atoms with Crippen LogP contribution in [0.5, 0.6) is 0 Å². The van der Waals surface area contributed by atoms with Gasteiger partial charge in [0.2, 0.25) is 0 Å². The highest BCUT2D eigenvalue weighted by Gasteiger charge is 2.40. The molecule has 60 valence electrons. The number of nitrogens with zero attached hydrogens (tertiary/aromatic N) is 2. The lowest BCUT2D eigenvalue weighted by atomic mass is 10.1. The number of likely N-dealkylation sites (N-methyl/N-ethyl adjacent to an activating group) is 2. The van der Waals surface area contributed by atoms with Crippen molar-refractivity contribution in [2.24, 2.45) is 0 Å². The molecule has 3 heteroatoms. The zero-order chi connectivity index (χ0) is 7.94. The van der Waals surface area contributed by atoms with E-state index in [0.717, 1.165) is 12.1 Å². The third kappa shape index (κ3) is 1.13. The van der Waals surface area contributed by atoms with E-state index in [1.54, 1.807) is 0 Å². The molecule has 1 fully saturated rings. The summed E-state index contributed by atoms with van der Waals surface area (Å²) in [5.41, 5.74) is 0. The maximum absolute atomic E-state index is 2.56. The van der Waals surface area contributed by atoms with Crippen LogP contribution in [0, 0.1) is 0 Å². The van der Waals surface area contributed by atoms with Crippen LogP contribution < -0.4 is 0 Å². The lowest BCUT2D eigenvalue weighted by Gasteiger charge is -2.30. The lowest BCUT2D eigenvalue weighted by molar-refractivity contribution is -0.798. The van der Waals surface area contributed by atoms with Crippen molar-refractivity contribution in [1.82, 2.24) is 4.57 Å². The summed E-state index contributed by atoms with van der Waals surface area (Å²) in [5, 5.41) is 0. The van der Waals surface area contributed by atoms with E-state index in [2.05, 4.69) is 39.6 Å². The Morgan fingerprint density at radius 2 is 1.80 bits per heavy atom. The van der Waals surface area contributed by atoms with Gasteiger partial charge in [-0.2, -0.15) is 0 Å². The Hall–Kier alpha value is 0.137. The normalized spacial score (nSPS) is 42.9. The van der Waals surface area contributed by atoms with Crippen LogP contribution in [0.25, 0.3) is 0 Å². The van der Waals surface area contributed by atoms with Crippen LogP contribution in [0.4, 0.5) is 0 Å². The van der Waals surface area contributed by atoms with E-state index < -0.39 is 0 Å². The molecule has 0 bridgehead atoms. The third-order valence-electron chi connectivity index (χ3n) is 3.08. The fourth-order valence-corrected chi connectivity index (χ4v) is 4.06. The molecule has 0 aromatic carbocycles. The van der Waals surface area contributed by atoms with Crippen LogP contribution in [0.2, 0.25) is 0 Å². The SMILES string of the molecule is CC1C(C)[N+](C)(C)[SiH2]N1C. The predicted molar refractivity (Wildman–Crippen MR) is 47.3 cm³/mol. The molecule has 0 N–H and O–H groups in total. The van der Waals surface area contributed by atoms with Gasteiger partial charge in [-0.05, 0) is 20.9 Å². The van der Waals surface area contributed by atoms with Crippen molar-refractivity contribution in [3.63, 3.8) is 0 Å². The highest BCUT2D eigenvalue weighted by molar-refractivity contribution is 6.23. The smallest absolute Gasteiger partial charge is 0.338 e. The molecule has 0 radical (unpaired) electrons. The van der Waals surface area contributed by atoms with Crippen LogP contribution in [-0.2, 0) is 0 Å². The summed E-state index contributed by atoms with van der Waals surface area (Å²) in [7, 11) is 6.95. The minimum atomic E-state index is -0.0285. The summed E-state index contributed by atoms with van der Waals surface area (Å²) >= 11 is 0. The number of rotatable bonds is 0. The maximum atomic E-state index is 2.56. The second kappa shape index (κ2) is 2.32. The second-order valence-corrected chi connectivity index (χ2v) is 7.07. The van der Waals surface area contributed by atoms with Crippen LogP contribution in [0.15, 0.2) is 0 Å². The van der Waals surface area contributed by atoms with Crippen LogP contribution in [0.1, 0.15) is 13.8 Å². The van der Waals surface area contributed by atoms with Crippen LogP contribution in [-0.4, -0.2) is 51.8 Å². The molecular formula is C7H19N2Si+. The fourth-order valence-electron chi connectivity index (χ4n) is 1.78. The van der Waals surface area contributed by atoms with E-state index in [9.17, 15) is 0 Å². The van der Waals surface area contributed by atoms with Gasteiger partial charge in [0.1, 0.15) is 0 Å². The van der Waals surface area contributed by atoms with Crippen molar-refractivity contribution in [2.45, 2.75) is 25.9 Å². The van der Waals surface area contributed by atoms with Gasteiger partial charge in [0.25, 0.3) is 0 Å². The molecule has 2 nitrogen and oxygen atoms in total. The predicted octanol–water partition coefficient (Wildman–Crippen LogP) is -0.216. The molecule has 2 atom stereocenters. The number of quaternary nitrogens is 1. The maximum Gasteiger partial charge on any atom is 0.338 e. The quantitative estimate of drug-likeness (QED) is 0.442. The first-order chi connectivity index (χ1) is 4.45. The fraction of sp³-hybridized carbons (Fsp3) is 1.00. The molecule has 10 heavy (non-hydrogen) atoms. The van der Waals surface area contributed by atoms with Gasteiger partial charge >= 0.3 is 9.84 Å². The molecule has 1 aliphatic rings. The lowest BCUT2D eigenvalue weighted by Crippen LogP contribution is -2.46. The topological polar surface area (TPSA) is 3.24 Å². The summed E-state index contributed by atoms with van der Waals surface area (Å²) in [6.45, 7) is 4.70. The summed E-state index contributed by atoms with van der Waals surface area (Å²) in [4.78, 5) is 0. The van der Waals surface area contributed by atoms with E-state index in [0.29, 0.717) is 0 Å². The van der Waals surface area contributed by atoms with Crippen molar-refractivity contribution in [1.29, 1.82) is 0 Å². The summed E-state index contributed by atoms with van der Waals surface area (Å²) in [5.74, 6) is 0. The highest BCUT2D eigenvalue weighted by Crippen LogP contribution is 2.20. The van der Waals surface area contributed by atoms with E-state index in [1.807, 2.05) is 0 Å². The first kappa shape index (κ1) is 8.24. The monoisotopic (exact) mass is 159 g/mol. The van der Waals surface area contributed by atoms with Gasteiger partial charge < -0.3 is 4.15 Å². The zero-order valence-electron chi connectivity index (χ0n) is 7.76. The van der Waals surface area contributed by atoms with Crippen LogP contribution >= 0.6 is 0 Å². The Bertz CT molecular complexity index is 136. The highest BCUT2D eigenvalue weighted by atomic mass is 28.2. The van der Waals surface area contributed by atoms with Crippen molar-refractivity contribution in [2.75, 3.05) is 21.1 Å². The first-order valence-electron chi connectivity index (χ1n) is 3.98. The van der Waals surface area contributed by atoms with Gasteiger partial charge in [-0.25, -0.2) is 0 Å². The Morgan fingerprint density at radius 1 is 1.30 bits per heavy atom. The van der Waals surface area contributed by atoms with E-state index in [1.165, 1.54) is 4.15 Å². The van der Waals surface area contributed by atoms with Gasteiger partial charge in [0.15, 0.2) is 0 Å². The van der Waals surface area contributed by atoms with Crippen LogP contribution in [0.3, 0.4) is 0 Å². The first-order valence-corrected chi connectivity index (χ1v) is 5.24. The van der Waals surface area contributed by atoms with Crippen molar-refractivity contribution in [3.05, 3.63) is 0 Å². The minimum Gasteiger partial charge on any atom is -0.377 e. The zero-order valence-corrected chi connectivity index (χ0v) is 9.17. The molecule has 1 heterocycles. The van der Waals surface area contributed by atoms with E-state index >= 15 is 0 Å². The standard InChI is InChI=1S/C7H19N2Si/c1-6-7(2)9(4,5)10-8(6)3/h6-7H,10H2,1-5H3/q+1. The van der Waals surface area contributed by atoms with E-state index in [4.69, 9.17) is 0 Å². The molecule has 1 aliphatic heterocycles. The van der Waals surface area contributed by atoms with Gasteiger partial charge in [-0.3, -0.25) is 4.57 Å². The largest absolute Gasteiger partial charge is 0.377 e. The molecule has 2 unspecified atom stereocenters. The van der Waals surface area contributed by atoms with Crippen molar-refractivity contribution in [3.8, 4) is 0 Å². The number of hydrogen-bond acceptors (Lipinski definition) is 1. The average Bonchev–Trinajstić information content (AvgIpc) is 1.95. The molecule has 0 spiro atoms. The Balaban J connectivity index is 2.71. The number of hydrogen-bond donors (Lipinski definition) is 0. The average molecular weight is 159 g/mol. The second-order valence-electron chi connectivity index (χ2n) is 4.16. The summed E-state index contributed by atoms with van der Waals surface area (Å²) in [6.07, 6.45) is 0.